The summed E-state index contributed by atoms with van der Waals surface area (Å²) in [6, 6.07) is 0.0841. The normalized spacial score (nSPS) is 32.7. The number of hydrogen-bond donors (Lipinski definition) is 1. The molecule has 2 aliphatic heterocycles. The molecule has 1 amide bonds. The second-order valence-corrected chi connectivity index (χ2v) is 7.74. The minimum Gasteiger partial charge on any atom is -0.393 e. The van der Waals surface area contributed by atoms with E-state index in [4.69, 9.17) is 0 Å². The number of likely N-dealkylation sites (tertiary alicyclic amines) is 1. The Bertz CT molecular complexity index is 418. The van der Waals surface area contributed by atoms with E-state index in [1.807, 2.05) is 0 Å². The zero-order valence-electron chi connectivity index (χ0n) is 10.7. The zero-order valence-corrected chi connectivity index (χ0v) is 11.5. The predicted molar refractivity (Wildman–Crippen MR) is 67.8 cm³/mol. The molecule has 0 aliphatic carbocycles. The SMILES string of the molecule is CC(O)CC1CCCN1C(=O)C1CCS(=O)(=O)C1. The van der Waals surface area contributed by atoms with Crippen LogP contribution in [0.2, 0.25) is 0 Å². The Morgan fingerprint density at radius 1 is 1.44 bits per heavy atom. The molecule has 2 aliphatic rings. The zero-order chi connectivity index (χ0) is 13.3. The lowest BCUT2D eigenvalue weighted by atomic mass is 10.0. The number of carbonyl (C=O) groups is 1. The van der Waals surface area contributed by atoms with Crippen LogP contribution in [0, 0.1) is 5.92 Å². The molecule has 2 fully saturated rings. The number of amides is 1. The Balaban J connectivity index is 2.00. The number of sulfone groups is 1. The number of nitrogens with zero attached hydrogens (tertiary/aromatic N) is 1. The molecular formula is C12H21NO4S. The minimum atomic E-state index is -3.01. The van der Waals surface area contributed by atoms with Crippen LogP contribution in [0.15, 0.2) is 0 Å². The molecule has 5 nitrogen and oxygen atoms in total. The van der Waals surface area contributed by atoms with Crippen molar-refractivity contribution in [2.75, 3.05) is 18.1 Å². The highest BCUT2D eigenvalue weighted by Gasteiger charge is 2.39. The summed E-state index contributed by atoms with van der Waals surface area (Å²) in [5.74, 6) is -0.244. The van der Waals surface area contributed by atoms with Crippen LogP contribution >= 0.6 is 0 Å². The van der Waals surface area contributed by atoms with E-state index < -0.39 is 15.9 Å². The second kappa shape index (κ2) is 5.17. The smallest absolute Gasteiger partial charge is 0.226 e. The van der Waals surface area contributed by atoms with Crippen LogP contribution in [0.1, 0.15) is 32.6 Å². The van der Waals surface area contributed by atoms with Crippen LogP contribution in [-0.2, 0) is 14.6 Å². The average molecular weight is 275 g/mol. The van der Waals surface area contributed by atoms with Crippen molar-refractivity contribution >= 4 is 15.7 Å². The highest BCUT2D eigenvalue weighted by molar-refractivity contribution is 7.91. The molecule has 0 aromatic carbocycles. The van der Waals surface area contributed by atoms with Crippen LogP contribution in [0.4, 0.5) is 0 Å². The van der Waals surface area contributed by atoms with Crippen molar-refractivity contribution in [2.24, 2.45) is 5.92 Å². The molecule has 18 heavy (non-hydrogen) atoms. The molecule has 104 valence electrons. The Morgan fingerprint density at radius 2 is 2.17 bits per heavy atom. The van der Waals surface area contributed by atoms with Crippen LogP contribution in [0.25, 0.3) is 0 Å². The molecule has 1 N–H and O–H groups in total. The summed E-state index contributed by atoms with van der Waals surface area (Å²) in [6.07, 6.45) is 2.49. The monoisotopic (exact) mass is 275 g/mol. The van der Waals surface area contributed by atoms with E-state index in [0.717, 1.165) is 12.8 Å². The first-order valence-electron chi connectivity index (χ1n) is 6.58. The van der Waals surface area contributed by atoms with Crippen molar-refractivity contribution in [2.45, 2.75) is 44.8 Å². The predicted octanol–water partition coefficient (Wildman–Crippen LogP) is 0.183. The van der Waals surface area contributed by atoms with Crippen molar-refractivity contribution in [3.63, 3.8) is 0 Å². The molecule has 0 aromatic heterocycles. The summed E-state index contributed by atoms with van der Waals surface area (Å²) < 4.78 is 22.8. The summed E-state index contributed by atoms with van der Waals surface area (Å²) in [5.41, 5.74) is 0. The van der Waals surface area contributed by atoms with Crippen LogP contribution in [0.3, 0.4) is 0 Å². The first-order valence-corrected chi connectivity index (χ1v) is 8.40. The Morgan fingerprint density at radius 3 is 2.72 bits per heavy atom. The summed E-state index contributed by atoms with van der Waals surface area (Å²) >= 11 is 0. The van der Waals surface area contributed by atoms with Crippen molar-refractivity contribution in [3.8, 4) is 0 Å². The van der Waals surface area contributed by atoms with Gasteiger partial charge in [-0.05, 0) is 32.6 Å². The molecule has 2 saturated heterocycles. The molecule has 2 rings (SSSR count). The van der Waals surface area contributed by atoms with Crippen molar-refractivity contribution in [3.05, 3.63) is 0 Å². The van der Waals surface area contributed by atoms with Crippen LogP contribution in [0.5, 0.6) is 0 Å². The summed E-state index contributed by atoms with van der Waals surface area (Å²) in [6.45, 7) is 2.42. The lowest BCUT2D eigenvalue weighted by molar-refractivity contribution is -0.136. The van der Waals surface area contributed by atoms with E-state index in [9.17, 15) is 18.3 Å². The molecule has 2 heterocycles. The number of rotatable bonds is 3. The molecule has 3 atom stereocenters. The van der Waals surface area contributed by atoms with Gasteiger partial charge in [-0.1, -0.05) is 0 Å². The second-order valence-electron chi connectivity index (χ2n) is 5.51. The van der Waals surface area contributed by atoms with Gasteiger partial charge >= 0.3 is 0 Å². The largest absolute Gasteiger partial charge is 0.393 e. The Hall–Kier alpha value is -0.620. The third-order valence-electron chi connectivity index (χ3n) is 3.86. The third-order valence-corrected chi connectivity index (χ3v) is 5.62. The quantitative estimate of drug-likeness (QED) is 0.797. The Labute approximate surface area is 108 Å². The van der Waals surface area contributed by atoms with Gasteiger partial charge in [0.15, 0.2) is 9.84 Å². The minimum absolute atomic E-state index is 0.00370. The van der Waals surface area contributed by atoms with E-state index in [2.05, 4.69) is 0 Å². The van der Waals surface area contributed by atoms with Gasteiger partial charge in [0.2, 0.25) is 5.91 Å². The first kappa shape index (κ1) is 13.8. The maximum Gasteiger partial charge on any atom is 0.226 e. The first-order chi connectivity index (χ1) is 8.39. The van der Waals surface area contributed by atoms with Gasteiger partial charge in [-0.3, -0.25) is 4.79 Å². The van der Waals surface area contributed by atoms with Gasteiger partial charge in [-0.15, -0.1) is 0 Å². The van der Waals surface area contributed by atoms with Crippen molar-refractivity contribution in [1.82, 2.24) is 4.90 Å². The molecule has 3 unspecified atom stereocenters. The Kier molecular flexibility index (Phi) is 3.96. The molecule has 0 radical (unpaired) electrons. The third kappa shape index (κ3) is 3.03. The maximum absolute atomic E-state index is 12.3. The van der Waals surface area contributed by atoms with Gasteiger partial charge in [-0.25, -0.2) is 8.42 Å². The average Bonchev–Trinajstić information content (AvgIpc) is 2.83. The van der Waals surface area contributed by atoms with Gasteiger partial charge in [0.1, 0.15) is 0 Å². The summed E-state index contributed by atoms with van der Waals surface area (Å²) in [7, 11) is -3.01. The summed E-state index contributed by atoms with van der Waals surface area (Å²) in [4.78, 5) is 14.1. The molecule has 0 bridgehead atoms. The van der Waals surface area contributed by atoms with Gasteiger partial charge < -0.3 is 10.0 Å². The van der Waals surface area contributed by atoms with E-state index >= 15 is 0 Å². The molecule has 0 aromatic rings. The van der Waals surface area contributed by atoms with E-state index in [1.54, 1.807) is 11.8 Å². The highest BCUT2D eigenvalue weighted by atomic mass is 32.2. The fourth-order valence-corrected chi connectivity index (χ4v) is 4.72. The number of hydrogen-bond acceptors (Lipinski definition) is 4. The summed E-state index contributed by atoms with van der Waals surface area (Å²) in [5, 5.41) is 9.43. The van der Waals surface area contributed by atoms with Gasteiger partial charge in [-0.2, -0.15) is 0 Å². The molecule has 6 heteroatoms. The van der Waals surface area contributed by atoms with Gasteiger partial charge in [0.25, 0.3) is 0 Å². The fourth-order valence-electron chi connectivity index (χ4n) is 2.99. The molecule has 0 saturated carbocycles. The maximum atomic E-state index is 12.3. The van der Waals surface area contributed by atoms with E-state index in [1.165, 1.54) is 0 Å². The van der Waals surface area contributed by atoms with E-state index in [0.29, 0.717) is 19.4 Å². The highest BCUT2D eigenvalue weighted by Crippen LogP contribution is 2.27. The van der Waals surface area contributed by atoms with Crippen molar-refractivity contribution in [1.29, 1.82) is 0 Å². The van der Waals surface area contributed by atoms with Crippen molar-refractivity contribution < 1.29 is 18.3 Å². The number of aliphatic hydroxyl groups is 1. The lowest BCUT2D eigenvalue weighted by Gasteiger charge is -2.27. The number of aliphatic hydroxyl groups excluding tert-OH is 1. The van der Waals surface area contributed by atoms with Gasteiger partial charge in [0, 0.05) is 12.6 Å². The molecular weight excluding hydrogens is 254 g/mol. The standard InChI is InChI=1S/C12H21NO4S/c1-9(14)7-11-3-2-5-13(11)12(15)10-4-6-18(16,17)8-10/h9-11,14H,2-8H2,1H3. The van der Waals surface area contributed by atoms with Gasteiger partial charge in [0.05, 0.1) is 23.5 Å². The molecule has 0 spiro atoms. The van der Waals surface area contributed by atoms with Crippen LogP contribution in [-0.4, -0.2) is 54.5 Å². The fraction of sp³-hybridized carbons (Fsp3) is 0.917. The lowest BCUT2D eigenvalue weighted by Crippen LogP contribution is -2.41. The van der Waals surface area contributed by atoms with E-state index in [-0.39, 0.29) is 29.4 Å². The topological polar surface area (TPSA) is 74.7 Å². The number of carbonyl (C=O) groups excluding carboxylic acids is 1. The van der Waals surface area contributed by atoms with Crippen LogP contribution < -0.4 is 0 Å².